The second-order valence-corrected chi connectivity index (χ2v) is 3.69. The van der Waals surface area contributed by atoms with Crippen LogP contribution in [-0.4, -0.2) is 22.1 Å². The summed E-state index contributed by atoms with van der Waals surface area (Å²) >= 11 is 0. The van der Waals surface area contributed by atoms with E-state index in [-0.39, 0.29) is 6.04 Å². The summed E-state index contributed by atoms with van der Waals surface area (Å²) in [5.74, 6) is 1.21. The fraction of sp³-hybridized carbons (Fsp3) is 0.250. The lowest BCUT2D eigenvalue weighted by atomic mass is 10.1. The summed E-state index contributed by atoms with van der Waals surface area (Å²) in [6.45, 7) is 0. The zero-order valence-electron chi connectivity index (χ0n) is 9.14. The molecule has 4 nitrogen and oxygen atoms in total. The molecule has 0 amide bonds. The molecule has 2 rings (SSSR count). The van der Waals surface area contributed by atoms with Gasteiger partial charge in [-0.05, 0) is 31.2 Å². The van der Waals surface area contributed by atoms with E-state index in [4.69, 9.17) is 0 Å². The number of hydrogen-bond donors (Lipinski definition) is 3. The van der Waals surface area contributed by atoms with Crippen molar-refractivity contribution < 1.29 is 5.11 Å². The number of phenols is 1. The van der Waals surface area contributed by atoms with Gasteiger partial charge in [0.05, 0.1) is 6.04 Å². The molecule has 0 radical (unpaired) electrons. The normalized spacial score (nSPS) is 12.6. The summed E-state index contributed by atoms with van der Waals surface area (Å²) in [6, 6.07) is 7.42. The Morgan fingerprint density at radius 2 is 2.38 bits per heavy atom. The average molecular weight is 217 g/mol. The molecule has 0 saturated carbocycles. The number of benzene rings is 1. The molecule has 84 valence electrons. The SMILES string of the molecule is CNC(Cc1cccc(O)c1)c1ncc[nH]1. The van der Waals surface area contributed by atoms with Crippen LogP contribution in [0, 0.1) is 0 Å². The van der Waals surface area contributed by atoms with E-state index in [0.29, 0.717) is 5.75 Å². The van der Waals surface area contributed by atoms with Crippen LogP contribution >= 0.6 is 0 Å². The van der Waals surface area contributed by atoms with Gasteiger partial charge in [-0.3, -0.25) is 0 Å². The monoisotopic (exact) mass is 217 g/mol. The topological polar surface area (TPSA) is 60.9 Å². The highest BCUT2D eigenvalue weighted by Crippen LogP contribution is 2.17. The number of rotatable bonds is 4. The number of nitrogens with one attached hydrogen (secondary N) is 2. The van der Waals surface area contributed by atoms with Crippen molar-refractivity contribution in [2.45, 2.75) is 12.5 Å². The predicted molar refractivity (Wildman–Crippen MR) is 62.2 cm³/mol. The number of nitrogens with zero attached hydrogens (tertiary/aromatic N) is 1. The summed E-state index contributed by atoms with van der Waals surface area (Å²) in [5, 5.41) is 12.6. The molecule has 1 aromatic heterocycles. The van der Waals surface area contributed by atoms with E-state index in [1.165, 1.54) is 0 Å². The van der Waals surface area contributed by atoms with E-state index in [1.54, 1.807) is 18.3 Å². The van der Waals surface area contributed by atoms with Crippen LogP contribution in [-0.2, 0) is 6.42 Å². The molecule has 1 unspecified atom stereocenters. The van der Waals surface area contributed by atoms with Gasteiger partial charge in [0.1, 0.15) is 11.6 Å². The number of aromatic hydroxyl groups is 1. The largest absolute Gasteiger partial charge is 0.508 e. The Morgan fingerprint density at radius 1 is 1.50 bits per heavy atom. The van der Waals surface area contributed by atoms with Crippen LogP contribution in [0.4, 0.5) is 0 Å². The van der Waals surface area contributed by atoms with Crippen molar-refractivity contribution in [3.8, 4) is 5.75 Å². The molecule has 1 heterocycles. The summed E-state index contributed by atoms with van der Waals surface area (Å²) in [7, 11) is 1.90. The highest BCUT2D eigenvalue weighted by atomic mass is 16.3. The molecule has 3 N–H and O–H groups in total. The first-order valence-corrected chi connectivity index (χ1v) is 5.24. The zero-order chi connectivity index (χ0) is 11.4. The fourth-order valence-electron chi connectivity index (χ4n) is 1.72. The number of H-pyrrole nitrogens is 1. The van der Waals surface area contributed by atoms with Gasteiger partial charge >= 0.3 is 0 Å². The Labute approximate surface area is 94.4 Å². The first-order chi connectivity index (χ1) is 7.79. The van der Waals surface area contributed by atoms with Crippen molar-refractivity contribution in [3.63, 3.8) is 0 Å². The van der Waals surface area contributed by atoms with Crippen LogP contribution in [0.5, 0.6) is 5.75 Å². The summed E-state index contributed by atoms with van der Waals surface area (Å²) in [5.41, 5.74) is 1.08. The Kier molecular flexibility index (Phi) is 3.22. The van der Waals surface area contributed by atoms with E-state index in [1.807, 2.05) is 25.4 Å². The third-order valence-corrected chi connectivity index (χ3v) is 2.55. The van der Waals surface area contributed by atoms with E-state index >= 15 is 0 Å². The molecule has 1 atom stereocenters. The van der Waals surface area contributed by atoms with E-state index < -0.39 is 0 Å². The van der Waals surface area contributed by atoms with Crippen molar-refractivity contribution in [1.29, 1.82) is 0 Å². The molecule has 0 aliphatic rings. The number of imidazole rings is 1. The van der Waals surface area contributed by atoms with Gasteiger partial charge in [-0.25, -0.2) is 4.98 Å². The second-order valence-electron chi connectivity index (χ2n) is 3.69. The maximum absolute atomic E-state index is 9.39. The summed E-state index contributed by atoms with van der Waals surface area (Å²) in [4.78, 5) is 7.31. The maximum Gasteiger partial charge on any atom is 0.123 e. The molecule has 1 aromatic carbocycles. The number of aromatic amines is 1. The molecule has 0 bridgehead atoms. The minimum atomic E-state index is 0.136. The van der Waals surface area contributed by atoms with Gasteiger partial charge in [-0.1, -0.05) is 12.1 Å². The zero-order valence-corrected chi connectivity index (χ0v) is 9.14. The first kappa shape index (κ1) is 10.7. The van der Waals surface area contributed by atoms with Gasteiger partial charge in [0.2, 0.25) is 0 Å². The minimum Gasteiger partial charge on any atom is -0.508 e. The molecular formula is C12H15N3O. The predicted octanol–water partition coefficient (Wildman–Crippen LogP) is 1.62. The molecular weight excluding hydrogens is 202 g/mol. The summed E-state index contributed by atoms with van der Waals surface area (Å²) < 4.78 is 0. The van der Waals surface area contributed by atoms with Gasteiger partial charge in [-0.2, -0.15) is 0 Å². The maximum atomic E-state index is 9.39. The highest BCUT2D eigenvalue weighted by Gasteiger charge is 2.12. The fourth-order valence-corrected chi connectivity index (χ4v) is 1.72. The first-order valence-electron chi connectivity index (χ1n) is 5.24. The Morgan fingerprint density at radius 3 is 3.00 bits per heavy atom. The van der Waals surface area contributed by atoms with Crippen LogP contribution in [0.25, 0.3) is 0 Å². The molecule has 16 heavy (non-hydrogen) atoms. The molecule has 0 saturated heterocycles. The smallest absolute Gasteiger partial charge is 0.123 e. The number of phenolic OH excluding ortho intramolecular Hbond substituents is 1. The third-order valence-electron chi connectivity index (χ3n) is 2.55. The van der Waals surface area contributed by atoms with Crippen LogP contribution in [0.15, 0.2) is 36.7 Å². The van der Waals surface area contributed by atoms with E-state index in [9.17, 15) is 5.11 Å². The molecule has 0 aliphatic heterocycles. The van der Waals surface area contributed by atoms with E-state index in [2.05, 4.69) is 15.3 Å². The molecule has 0 aliphatic carbocycles. The third kappa shape index (κ3) is 2.41. The molecule has 4 heteroatoms. The van der Waals surface area contributed by atoms with Crippen molar-refractivity contribution >= 4 is 0 Å². The number of aromatic nitrogens is 2. The number of hydrogen-bond acceptors (Lipinski definition) is 3. The lowest BCUT2D eigenvalue weighted by Crippen LogP contribution is -2.20. The number of likely N-dealkylation sites (N-methyl/N-ethyl adjacent to an activating group) is 1. The van der Waals surface area contributed by atoms with Crippen molar-refractivity contribution in [1.82, 2.24) is 15.3 Å². The Hall–Kier alpha value is -1.81. The second kappa shape index (κ2) is 4.81. The van der Waals surface area contributed by atoms with Crippen LogP contribution in [0.3, 0.4) is 0 Å². The lowest BCUT2D eigenvalue weighted by Gasteiger charge is -2.13. The Balaban J connectivity index is 2.13. The highest BCUT2D eigenvalue weighted by molar-refractivity contribution is 5.28. The molecule has 2 aromatic rings. The van der Waals surface area contributed by atoms with Crippen molar-refractivity contribution in [3.05, 3.63) is 48.0 Å². The molecule has 0 spiro atoms. The van der Waals surface area contributed by atoms with E-state index in [0.717, 1.165) is 17.8 Å². The Bertz CT molecular complexity index is 439. The minimum absolute atomic E-state index is 0.136. The van der Waals surface area contributed by atoms with Gasteiger partial charge in [0.25, 0.3) is 0 Å². The van der Waals surface area contributed by atoms with Crippen LogP contribution in [0.2, 0.25) is 0 Å². The van der Waals surface area contributed by atoms with Gasteiger partial charge in [0.15, 0.2) is 0 Å². The van der Waals surface area contributed by atoms with Crippen LogP contribution < -0.4 is 5.32 Å². The van der Waals surface area contributed by atoms with Gasteiger partial charge < -0.3 is 15.4 Å². The average Bonchev–Trinajstić information content (AvgIpc) is 2.79. The van der Waals surface area contributed by atoms with Crippen molar-refractivity contribution in [2.24, 2.45) is 0 Å². The standard InChI is InChI=1S/C12H15N3O/c1-13-11(12-14-5-6-15-12)8-9-3-2-4-10(16)7-9/h2-7,11,13,16H,8H2,1H3,(H,14,15). The van der Waals surface area contributed by atoms with Crippen LogP contribution in [0.1, 0.15) is 17.4 Å². The summed E-state index contributed by atoms with van der Waals surface area (Å²) in [6.07, 6.45) is 4.34. The van der Waals surface area contributed by atoms with Gasteiger partial charge in [0, 0.05) is 12.4 Å². The van der Waals surface area contributed by atoms with Gasteiger partial charge in [-0.15, -0.1) is 0 Å². The quantitative estimate of drug-likeness (QED) is 0.729. The van der Waals surface area contributed by atoms with Crippen molar-refractivity contribution in [2.75, 3.05) is 7.05 Å². The lowest BCUT2D eigenvalue weighted by molar-refractivity contribution is 0.473. The molecule has 0 fully saturated rings.